The number of carbonyl (C=O) groups is 2. The number of nitrogens with one attached hydrogen (secondary N) is 2. The molecule has 0 spiro atoms. The number of likely N-dealkylation sites (N-methyl/N-ethyl adjacent to an activating group) is 1. The van der Waals surface area contributed by atoms with Crippen molar-refractivity contribution in [2.75, 3.05) is 26.7 Å². The van der Waals surface area contributed by atoms with Crippen LogP contribution in [-0.4, -0.2) is 60.7 Å². The highest BCUT2D eigenvalue weighted by Crippen LogP contribution is 2.29. The predicted octanol–water partition coefficient (Wildman–Crippen LogP) is 3.04. The Morgan fingerprint density at radius 1 is 1.19 bits per heavy atom. The summed E-state index contributed by atoms with van der Waals surface area (Å²) in [6, 6.07) is 8.37. The molecule has 2 bridgehead atoms. The third-order valence-electron chi connectivity index (χ3n) is 6.05. The monoisotopic (exact) mass is 525 g/mol. The second-order valence-corrected chi connectivity index (χ2v) is 9.09. The Hall–Kier alpha value is -3.18. The molecule has 7 nitrogen and oxygen atoms in total. The summed E-state index contributed by atoms with van der Waals surface area (Å²) in [6.45, 7) is 0.0232. The molecule has 0 aromatic heterocycles. The lowest BCUT2D eigenvalue weighted by molar-refractivity contribution is -0.137. The van der Waals surface area contributed by atoms with E-state index in [0.29, 0.717) is 24.0 Å². The van der Waals surface area contributed by atoms with Gasteiger partial charge in [0, 0.05) is 26.6 Å². The quantitative estimate of drug-likeness (QED) is 0.523. The van der Waals surface area contributed by atoms with Crippen LogP contribution in [0.5, 0.6) is 5.75 Å². The minimum atomic E-state index is -4.46. The number of fused-ring (bicyclic) bond motifs is 13. The Morgan fingerprint density at radius 3 is 2.70 bits per heavy atom. The first kappa shape index (κ1) is 28.4. The number of aliphatic hydroxyl groups excluding tert-OH is 1. The van der Waals surface area contributed by atoms with Crippen molar-refractivity contribution < 1.29 is 37.0 Å². The van der Waals surface area contributed by atoms with Crippen LogP contribution in [0.3, 0.4) is 0 Å². The van der Waals surface area contributed by atoms with Crippen molar-refractivity contribution in [3.63, 3.8) is 0 Å². The molecule has 3 N–H and O–H groups in total. The van der Waals surface area contributed by atoms with Gasteiger partial charge in [0.25, 0.3) is 0 Å². The van der Waals surface area contributed by atoms with Gasteiger partial charge in [-0.2, -0.15) is 13.2 Å². The Bertz CT molecular complexity index is 1080. The fourth-order valence-corrected chi connectivity index (χ4v) is 4.00. The van der Waals surface area contributed by atoms with E-state index in [1.165, 1.54) is 36.2 Å². The van der Waals surface area contributed by atoms with Gasteiger partial charge in [0.05, 0.1) is 30.9 Å². The van der Waals surface area contributed by atoms with Crippen LogP contribution in [-0.2, 0) is 28.7 Å². The maximum atomic E-state index is 14.5. The number of halogens is 4. The Morgan fingerprint density at radius 2 is 1.97 bits per heavy atom. The van der Waals surface area contributed by atoms with Crippen molar-refractivity contribution in [2.24, 2.45) is 0 Å². The lowest BCUT2D eigenvalue weighted by Crippen LogP contribution is -2.51. The van der Waals surface area contributed by atoms with Crippen LogP contribution in [0.2, 0.25) is 0 Å². The predicted molar refractivity (Wildman–Crippen MR) is 128 cm³/mol. The number of amides is 2. The highest BCUT2D eigenvalue weighted by Gasteiger charge is 2.30. The molecule has 2 aromatic rings. The lowest BCUT2D eigenvalue weighted by Gasteiger charge is -2.26. The number of nitrogens with zero attached hydrogens (tertiary/aromatic N) is 1. The van der Waals surface area contributed by atoms with Gasteiger partial charge < -0.3 is 25.4 Å². The Labute approximate surface area is 212 Å². The molecule has 2 unspecified atom stereocenters. The average molecular weight is 526 g/mol. The van der Waals surface area contributed by atoms with E-state index in [2.05, 4.69) is 10.6 Å². The maximum absolute atomic E-state index is 14.5. The zero-order chi connectivity index (χ0) is 27.0. The molecule has 37 heavy (non-hydrogen) atoms. The second kappa shape index (κ2) is 12.9. The van der Waals surface area contributed by atoms with Crippen LogP contribution in [0.1, 0.15) is 36.0 Å². The van der Waals surface area contributed by atoms with E-state index in [-0.39, 0.29) is 50.7 Å². The Kier molecular flexibility index (Phi) is 9.87. The summed E-state index contributed by atoms with van der Waals surface area (Å²) in [5, 5.41) is 16.4. The topological polar surface area (TPSA) is 90.9 Å². The highest BCUT2D eigenvalue weighted by molar-refractivity contribution is 5.84. The van der Waals surface area contributed by atoms with Gasteiger partial charge in [-0.05, 0) is 48.6 Å². The fourth-order valence-electron chi connectivity index (χ4n) is 4.00. The molecular weight excluding hydrogens is 494 g/mol. The summed E-state index contributed by atoms with van der Waals surface area (Å²) < 4.78 is 58.9. The molecule has 11 heteroatoms. The van der Waals surface area contributed by atoms with E-state index in [0.717, 1.165) is 12.1 Å². The van der Waals surface area contributed by atoms with E-state index >= 15 is 0 Å². The van der Waals surface area contributed by atoms with Crippen LogP contribution < -0.4 is 15.4 Å². The summed E-state index contributed by atoms with van der Waals surface area (Å²) in [6.07, 6.45) is -4.27. The summed E-state index contributed by atoms with van der Waals surface area (Å²) in [4.78, 5) is 26.3. The average Bonchev–Trinajstić information content (AvgIpc) is 2.83. The molecule has 2 aliphatic rings. The van der Waals surface area contributed by atoms with Crippen LogP contribution in [0, 0.1) is 5.82 Å². The van der Waals surface area contributed by atoms with Crippen LogP contribution >= 0.6 is 0 Å². The number of aliphatic hydroxyl groups is 1. The number of benzene rings is 2. The van der Waals surface area contributed by atoms with Gasteiger partial charge in [-0.25, -0.2) is 4.39 Å². The molecule has 0 fully saturated rings. The molecule has 202 valence electrons. The van der Waals surface area contributed by atoms with Crippen LogP contribution in [0.25, 0.3) is 0 Å². The molecule has 0 saturated carbocycles. The molecule has 2 aliphatic heterocycles. The maximum Gasteiger partial charge on any atom is 0.416 e. The first-order valence-electron chi connectivity index (χ1n) is 12.0. The third-order valence-corrected chi connectivity index (χ3v) is 6.05. The molecule has 2 amide bonds. The van der Waals surface area contributed by atoms with E-state index < -0.39 is 35.6 Å². The van der Waals surface area contributed by atoms with Crippen LogP contribution in [0.4, 0.5) is 17.6 Å². The number of hydrogen-bond acceptors (Lipinski definition) is 5. The minimum Gasteiger partial charge on any atom is -0.491 e. The zero-order valence-electron chi connectivity index (χ0n) is 20.5. The van der Waals surface area contributed by atoms with E-state index in [9.17, 15) is 32.3 Å². The van der Waals surface area contributed by atoms with Gasteiger partial charge >= 0.3 is 6.18 Å². The standard InChI is InChI=1S/C26H31F4N3O4/c1-33-16-24(35)32-21(22(34)15-31-14-18-5-4-6-19(11-18)26(28,29)30)13-17-8-9-23(20(27)12-17)37-10-3-2-7-25(33)36/h4-6,8-9,11-12,21-22,31,34H,2-3,7,10,13-16H2,1H3,(H,32,35). The van der Waals surface area contributed by atoms with Crippen molar-refractivity contribution in [1.82, 2.24) is 15.5 Å². The highest BCUT2D eigenvalue weighted by atomic mass is 19.4. The first-order chi connectivity index (χ1) is 17.5. The van der Waals surface area contributed by atoms with Gasteiger partial charge in [0.15, 0.2) is 11.6 Å². The molecular formula is C26H31F4N3O4. The summed E-state index contributed by atoms with van der Waals surface area (Å²) in [5.41, 5.74) is 0.107. The first-order valence-corrected chi connectivity index (χ1v) is 12.0. The summed E-state index contributed by atoms with van der Waals surface area (Å²) in [7, 11) is 1.51. The normalized spacial score (nSPS) is 18.9. The van der Waals surface area contributed by atoms with Gasteiger partial charge in [-0.15, -0.1) is 0 Å². The molecule has 0 aliphatic carbocycles. The van der Waals surface area contributed by atoms with E-state index in [1.54, 1.807) is 6.07 Å². The minimum absolute atomic E-state index is 0.0551. The smallest absolute Gasteiger partial charge is 0.416 e. The van der Waals surface area contributed by atoms with E-state index in [1.807, 2.05) is 0 Å². The molecule has 2 aromatic carbocycles. The fraction of sp³-hybridized carbons (Fsp3) is 0.462. The van der Waals surface area contributed by atoms with Crippen LogP contribution in [0.15, 0.2) is 42.5 Å². The molecule has 2 heterocycles. The summed E-state index contributed by atoms with van der Waals surface area (Å²) >= 11 is 0. The third kappa shape index (κ3) is 8.71. The van der Waals surface area contributed by atoms with E-state index in [4.69, 9.17) is 4.74 Å². The largest absolute Gasteiger partial charge is 0.491 e. The van der Waals surface area contributed by atoms with Crippen molar-refractivity contribution in [3.05, 3.63) is 65.0 Å². The number of hydrogen-bond donors (Lipinski definition) is 3. The Balaban J connectivity index is 1.71. The number of carbonyl (C=O) groups excluding carboxylic acids is 2. The van der Waals surface area contributed by atoms with Crippen molar-refractivity contribution in [3.8, 4) is 5.75 Å². The number of rotatable bonds is 5. The van der Waals surface area contributed by atoms with Crippen molar-refractivity contribution >= 4 is 11.8 Å². The van der Waals surface area contributed by atoms with Gasteiger partial charge in [0.2, 0.25) is 11.8 Å². The second-order valence-electron chi connectivity index (χ2n) is 9.09. The van der Waals surface area contributed by atoms with Gasteiger partial charge in [-0.3, -0.25) is 9.59 Å². The van der Waals surface area contributed by atoms with Gasteiger partial charge in [0.1, 0.15) is 0 Å². The molecule has 2 atom stereocenters. The van der Waals surface area contributed by atoms with Gasteiger partial charge in [-0.1, -0.05) is 24.3 Å². The SMILES string of the molecule is CN1CC(=O)NC(C(O)CNCc2cccc(C(F)(F)F)c2)Cc2ccc(c(F)c2)OCCCCC1=O. The van der Waals surface area contributed by atoms with Crippen molar-refractivity contribution in [2.45, 2.75) is 50.6 Å². The summed E-state index contributed by atoms with van der Waals surface area (Å²) in [5.74, 6) is -1.23. The number of alkyl halides is 3. The molecule has 0 radical (unpaired) electrons. The zero-order valence-corrected chi connectivity index (χ0v) is 20.5. The lowest BCUT2D eigenvalue weighted by atomic mass is 10.00. The van der Waals surface area contributed by atoms with Crippen molar-refractivity contribution in [1.29, 1.82) is 0 Å². The number of ether oxygens (including phenoxy) is 1. The molecule has 4 rings (SSSR count). The molecule has 0 saturated heterocycles.